The molecule has 3 nitrogen and oxygen atoms in total. The van der Waals surface area contributed by atoms with Gasteiger partial charge in [0.15, 0.2) is 17.5 Å². The fourth-order valence-corrected chi connectivity index (χ4v) is 1.77. The van der Waals surface area contributed by atoms with Crippen molar-refractivity contribution in [3.63, 3.8) is 0 Å². The molecule has 0 aliphatic carbocycles. The largest absolute Gasteiger partial charge is 0.320 e. The quantitative estimate of drug-likeness (QED) is 0.836. The van der Waals surface area contributed by atoms with Gasteiger partial charge in [-0.15, -0.1) is 0 Å². The molecule has 2 aromatic rings. The fourth-order valence-electron chi connectivity index (χ4n) is 1.77. The van der Waals surface area contributed by atoms with E-state index < -0.39 is 23.5 Å². The van der Waals surface area contributed by atoms with Gasteiger partial charge < -0.3 is 5.73 Å². The zero-order valence-corrected chi connectivity index (χ0v) is 9.92. The maximum absolute atomic E-state index is 13.6. The summed E-state index contributed by atoms with van der Waals surface area (Å²) in [6, 6.07) is 1.12. The molecule has 18 heavy (non-hydrogen) atoms. The van der Waals surface area contributed by atoms with Gasteiger partial charge in [-0.25, -0.2) is 13.2 Å². The van der Waals surface area contributed by atoms with Crippen LogP contribution in [0.2, 0.25) is 0 Å². The van der Waals surface area contributed by atoms with Gasteiger partial charge in [-0.05, 0) is 13.0 Å². The molecular formula is C12H12F3N3. The van der Waals surface area contributed by atoms with E-state index in [2.05, 4.69) is 5.10 Å². The molecule has 6 heteroatoms. The van der Waals surface area contributed by atoms with Crippen LogP contribution >= 0.6 is 0 Å². The lowest BCUT2D eigenvalue weighted by molar-refractivity contribution is 0.438. The van der Waals surface area contributed by atoms with Crippen molar-refractivity contribution in [2.75, 3.05) is 0 Å². The second kappa shape index (κ2) is 4.45. The van der Waals surface area contributed by atoms with Crippen LogP contribution in [-0.2, 0) is 7.05 Å². The molecule has 0 amide bonds. The molecule has 1 heterocycles. The molecule has 1 unspecified atom stereocenters. The van der Waals surface area contributed by atoms with Gasteiger partial charge in [-0.2, -0.15) is 5.10 Å². The fraction of sp³-hybridized carbons (Fsp3) is 0.250. The highest BCUT2D eigenvalue weighted by atomic mass is 19.2. The Morgan fingerprint density at radius 2 is 1.83 bits per heavy atom. The summed E-state index contributed by atoms with van der Waals surface area (Å²) in [5.74, 6) is -4.00. The van der Waals surface area contributed by atoms with Gasteiger partial charge in [0, 0.05) is 23.9 Å². The van der Waals surface area contributed by atoms with Crippen molar-refractivity contribution >= 4 is 0 Å². The number of rotatable bonds is 2. The third-order valence-electron chi connectivity index (χ3n) is 3.01. The number of nitrogens with two attached hydrogens (primary N) is 1. The number of halogens is 3. The predicted octanol–water partition coefficient (Wildman–Crippen LogP) is 2.19. The van der Waals surface area contributed by atoms with E-state index in [0.29, 0.717) is 5.56 Å². The number of aromatic nitrogens is 2. The third kappa shape index (κ3) is 1.88. The van der Waals surface area contributed by atoms with Gasteiger partial charge in [0.2, 0.25) is 0 Å². The minimum absolute atomic E-state index is 0.0926. The van der Waals surface area contributed by atoms with E-state index in [9.17, 15) is 13.2 Å². The van der Waals surface area contributed by atoms with E-state index in [0.717, 1.165) is 17.8 Å². The summed E-state index contributed by atoms with van der Waals surface area (Å²) in [5, 5.41) is 3.98. The van der Waals surface area contributed by atoms with Gasteiger partial charge >= 0.3 is 0 Å². The molecule has 1 aromatic carbocycles. The van der Waals surface area contributed by atoms with Crippen LogP contribution in [0, 0.1) is 24.4 Å². The van der Waals surface area contributed by atoms with Crippen molar-refractivity contribution in [3.8, 4) is 0 Å². The minimum Gasteiger partial charge on any atom is -0.320 e. The number of nitrogens with zero attached hydrogens (tertiary/aromatic N) is 2. The van der Waals surface area contributed by atoms with Crippen molar-refractivity contribution in [1.82, 2.24) is 9.78 Å². The van der Waals surface area contributed by atoms with E-state index in [-0.39, 0.29) is 5.56 Å². The SMILES string of the molecule is Cc1c(C(N)c2ccc(F)c(F)c2F)cnn1C. The van der Waals surface area contributed by atoms with Crippen molar-refractivity contribution in [3.05, 3.63) is 52.6 Å². The summed E-state index contributed by atoms with van der Waals surface area (Å²) >= 11 is 0. The summed E-state index contributed by atoms with van der Waals surface area (Å²) in [6.07, 6.45) is 1.49. The first kappa shape index (κ1) is 12.6. The monoisotopic (exact) mass is 255 g/mol. The van der Waals surface area contributed by atoms with Gasteiger partial charge in [0.05, 0.1) is 12.2 Å². The van der Waals surface area contributed by atoms with Crippen LogP contribution in [0.3, 0.4) is 0 Å². The molecule has 0 saturated heterocycles. The number of hydrogen-bond acceptors (Lipinski definition) is 2. The Morgan fingerprint density at radius 1 is 1.17 bits per heavy atom. The normalized spacial score (nSPS) is 12.8. The first-order valence-electron chi connectivity index (χ1n) is 5.31. The molecule has 1 atom stereocenters. The molecule has 0 bridgehead atoms. The minimum atomic E-state index is -1.51. The summed E-state index contributed by atoms with van der Waals surface area (Å²) in [4.78, 5) is 0. The van der Waals surface area contributed by atoms with Gasteiger partial charge in [0.1, 0.15) is 0 Å². The summed E-state index contributed by atoms with van der Waals surface area (Å²) < 4.78 is 41.2. The molecule has 2 rings (SSSR count). The Kier molecular flexibility index (Phi) is 3.13. The molecule has 0 spiro atoms. The smallest absolute Gasteiger partial charge is 0.194 e. The maximum atomic E-state index is 13.6. The molecule has 0 fully saturated rings. The molecule has 96 valence electrons. The topological polar surface area (TPSA) is 43.8 Å². The third-order valence-corrected chi connectivity index (χ3v) is 3.01. The van der Waals surface area contributed by atoms with Crippen molar-refractivity contribution in [2.24, 2.45) is 12.8 Å². The van der Waals surface area contributed by atoms with E-state index in [1.807, 2.05) is 0 Å². The van der Waals surface area contributed by atoms with Crippen LogP contribution in [0.5, 0.6) is 0 Å². The van der Waals surface area contributed by atoms with Crippen LogP contribution in [0.1, 0.15) is 22.9 Å². The van der Waals surface area contributed by atoms with Crippen LogP contribution in [-0.4, -0.2) is 9.78 Å². The Hall–Kier alpha value is -1.82. The maximum Gasteiger partial charge on any atom is 0.194 e. The summed E-state index contributed by atoms with van der Waals surface area (Å²) in [6.45, 7) is 1.76. The standard InChI is InChI=1S/C12H12F3N3/c1-6-8(5-17-18(6)2)12(16)7-3-4-9(13)11(15)10(7)14/h3-5,12H,16H2,1-2H3. The molecule has 0 aliphatic rings. The molecule has 0 radical (unpaired) electrons. The predicted molar refractivity (Wildman–Crippen MR) is 60.3 cm³/mol. The van der Waals surface area contributed by atoms with Gasteiger partial charge in [0.25, 0.3) is 0 Å². The van der Waals surface area contributed by atoms with Crippen LogP contribution in [0.25, 0.3) is 0 Å². The second-order valence-electron chi connectivity index (χ2n) is 4.05. The average molecular weight is 255 g/mol. The van der Waals surface area contributed by atoms with E-state index in [1.54, 1.807) is 18.7 Å². The molecule has 0 saturated carbocycles. The zero-order chi connectivity index (χ0) is 13.4. The highest BCUT2D eigenvalue weighted by Crippen LogP contribution is 2.26. The van der Waals surface area contributed by atoms with E-state index in [4.69, 9.17) is 5.73 Å². The lowest BCUT2D eigenvalue weighted by Crippen LogP contribution is -2.15. The Bertz CT molecular complexity index is 592. The van der Waals surface area contributed by atoms with Gasteiger partial charge in [-0.3, -0.25) is 4.68 Å². The highest BCUT2D eigenvalue weighted by molar-refractivity contribution is 5.34. The van der Waals surface area contributed by atoms with Crippen molar-refractivity contribution < 1.29 is 13.2 Å². The first-order chi connectivity index (χ1) is 8.43. The lowest BCUT2D eigenvalue weighted by atomic mass is 9.99. The molecule has 2 N–H and O–H groups in total. The average Bonchev–Trinajstić information content (AvgIpc) is 2.67. The molecule has 0 aliphatic heterocycles. The summed E-state index contributed by atoms with van der Waals surface area (Å²) in [7, 11) is 1.72. The Labute approximate surface area is 102 Å². The van der Waals surface area contributed by atoms with Crippen molar-refractivity contribution in [2.45, 2.75) is 13.0 Å². The summed E-state index contributed by atoms with van der Waals surface area (Å²) in [5.41, 5.74) is 7.09. The molecule has 1 aromatic heterocycles. The number of aryl methyl sites for hydroxylation is 1. The zero-order valence-electron chi connectivity index (χ0n) is 9.92. The second-order valence-corrected chi connectivity index (χ2v) is 4.05. The number of hydrogen-bond donors (Lipinski definition) is 1. The lowest BCUT2D eigenvalue weighted by Gasteiger charge is -2.13. The molecular weight excluding hydrogens is 243 g/mol. The van der Waals surface area contributed by atoms with E-state index >= 15 is 0 Å². The highest BCUT2D eigenvalue weighted by Gasteiger charge is 2.21. The van der Waals surface area contributed by atoms with Crippen LogP contribution < -0.4 is 5.73 Å². The first-order valence-corrected chi connectivity index (χ1v) is 5.31. The Morgan fingerprint density at radius 3 is 2.39 bits per heavy atom. The van der Waals surface area contributed by atoms with Crippen LogP contribution in [0.4, 0.5) is 13.2 Å². The Balaban J connectivity index is 2.50. The van der Waals surface area contributed by atoms with E-state index in [1.165, 1.54) is 6.20 Å². The van der Waals surface area contributed by atoms with Gasteiger partial charge in [-0.1, -0.05) is 6.07 Å². The van der Waals surface area contributed by atoms with Crippen molar-refractivity contribution in [1.29, 1.82) is 0 Å². The van der Waals surface area contributed by atoms with Crippen LogP contribution in [0.15, 0.2) is 18.3 Å². The number of benzene rings is 1.